The number of pyridine rings is 1. The second-order valence-corrected chi connectivity index (χ2v) is 4.35. The zero-order valence-electron chi connectivity index (χ0n) is 9.45. The molecule has 0 atom stereocenters. The molecule has 80 valence electrons. The number of nitrogens with zero attached hydrogens (tertiary/aromatic N) is 1. The van der Waals surface area contributed by atoms with Crippen LogP contribution in [0.4, 0.5) is 0 Å². The average molecular weight is 249 g/mol. The van der Waals surface area contributed by atoms with Crippen molar-refractivity contribution in [1.29, 1.82) is 0 Å². The summed E-state index contributed by atoms with van der Waals surface area (Å²) >= 11 is 0. The Bertz CT molecular complexity index is 632. The number of hydrogen-bond acceptors (Lipinski definition) is 4. The monoisotopic (exact) mass is 249 g/mol. The van der Waals surface area contributed by atoms with Crippen molar-refractivity contribution in [2.75, 3.05) is 0 Å². The van der Waals surface area contributed by atoms with Crippen LogP contribution in [-0.4, -0.2) is 23.1 Å². The Hall–Kier alpha value is -0.660. The van der Waals surface area contributed by atoms with Crippen LogP contribution in [0, 0.1) is 0 Å². The first-order valence-corrected chi connectivity index (χ1v) is 5.48. The fraction of sp³-hybridized carbons (Fsp3) is 0. The summed E-state index contributed by atoms with van der Waals surface area (Å²) in [7, 11) is -4.30. The zero-order chi connectivity index (χ0) is 11.1. The van der Waals surface area contributed by atoms with Gasteiger partial charge in [0, 0.05) is 11.6 Å². The van der Waals surface area contributed by atoms with Gasteiger partial charge in [0.15, 0.2) is 0 Å². The predicted octanol–water partition coefficient (Wildman–Crippen LogP) is -1.70. The first-order chi connectivity index (χ1) is 7.00. The van der Waals surface area contributed by atoms with Crippen LogP contribution < -0.4 is 29.6 Å². The minimum absolute atomic E-state index is 0. The van der Waals surface area contributed by atoms with E-state index in [-0.39, 0.29) is 52.5 Å². The third kappa shape index (κ3) is 2.36. The molecule has 0 radical (unpaired) electrons. The Morgan fingerprint density at radius 1 is 1.25 bits per heavy atom. The molecule has 1 aromatic heterocycles. The van der Waals surface area contributed by atoms with Gasteiger partial charge in [-0.2, -0.15) is 8.42 Å². The van der Waals surface area contributed by atoms with Gasteiger partial charge in [-0.15, -0.1) is 0 Å². The molecular formula is C9H8NNaO4S. The van der Waals surface area contributed by atoms with Crippen LogP contribution in [0.1, 0.15) is 1.43 Å². The zero-order valence-corrected chi connectivity index (χ0v) is 11.3. The molecule has 2 aromatic rings. The summed E-state index contributed by atoms with van der Waals surface area (Å²) in [6, 6.07) is 5.30. The van der Waals surface area contributed by atoms with Crippen molar-refractivity contribution >= 4 is 21.0 Å². The molecule has 0 aliphatic rings. The molecule has 0 saturated heterocycles. The van der Waals surface area contributed by atoms with Crippen LogP contribution >= 0.6 is 0 Å². The van der Waals surface area contributed by atoms with E-state index in [1.807, 2.05) is 0 Å². The van der Waals surface area contributed by atoms with E-state index in [9.17, 15) is 13.5 Å². The van der Waals surface area contributed by atoms with Gasteiger partial charge in [0.1, 0.15) is 16.2 Å². The summed E-state index contributed by atoms with van der Waals surface area (Å²) in [6.07, 6.45) is 1.43. The standard InChI is InChI=1S/C9H7NO4S.Na.H/c11-7-3-4-8(15(12,13)14)6-2-1-5-10-9(6)7;;/h1-5,11H,(H,12,13,14);;/q;+1;-1. The van der Waals surface area contributed by atoms with E-state index in [4.69, 9.17) is 4.55 Å². The van der Waals surface area contributed by atoms with Crippen molar-refractivity contribution in [3.8, 4) is 5.75 Å². The largest absolute Gasteiger partial charge is 1.00 e. The van der Waals surface area contributed by atoms with Gasteiger partial charge >= 0.3 is 29.6 Å². The van der Waals surface area contributed by atoms with E-state index < -0.39 is 10.1 Å². The molecule has 0 spiro atoms. The van der Waals surface area contributed by atoms with E-state index in [1.54, 1.807) is 0 Å². The number of phenolic OH excluding ortho intramolecular Hbond substituents is 1. The van der Waals surface area contributed by atoms with Gasteiger partial charge in [-0.3, -0.25) is 9.54 Å². The van der Waals surface area contributed by atoms with Crippen LogP contribution in [-0.2, 0) is 10.1 Å². The maximum Gasteiger partial charge on any atom is 1.00 e. The number of aromatic nitrogens is 1. The third-order valence-electron chi connectivity index (χ3n) is 1.99. The second-order valence-electron chi connectivity index (χ2n) is 2.96. The fourth-order valence-corrected chi connectivity index (χ4v) is 2.04. The van der Waals surface area contributed by atoms with Crippen LogP contribution in [0.5, 0.6) is 5.75 Å². The molecule has 0 bridgehead atoms. The van der Waals surface area contributed by atoms with Gasteiger partial charge in [-0.05, 0) is 24.3 Å². The van der Waals surface area contributed by atoms with E-state index in [0.717, 1.165) is 6.07 Å². The van der Waals surface area contributed by atoms with Gasteiger partial charge in [-0.25, -0.2) is 0 Å². The molecule has 0 aliphatic carbocycles. The summed E-state index contributed by atoms with van der Waals surface area (Å²) in [5, 5.41) is 9.62. The Labute approximate surface area is 116 Å². The van der Waals surface area contributed by atoms with Crippen molar-refractivity contribution in [1.82, 2.24) is 4.98 Å². The molecule has 0 unspecified atom stereocenters. The third-order valence-corrected chi connectivity index (χ3v) is 2.90. The minimum atomic E-state index is -4.30. The molecule has 0 saturated carbocycles. The van der Waals surface area contributed by atoms with Crippen molar-refractivity contribution in [3.63, 3.8) is 0 Å². The van der Waals surface area contributed by atoms with E-state index in [0.29, 0.717) is 0 Å². The van der Waals surface area contributed by atoms with Crippen LogP contribution in [0.25, 0.3) is 10.9 Å². The molecule has 7 heteroatoms. The van der Waals surface area contributed by atoms with Gasteiger partial charge in [-0.1, -0.05) is 0 Å². The molecule has 0 aliphatic heterocycles. The molecule has 0 fully saturated rings. The van der Waals surface area contributed by atoms with E-state index >= 15 is 0 Å². The van der Waals surface area contributed by atoms with E-state index in [2.05, 4.69) is 4.98 Å². The maximum absolute atomic E-state index is 11.0. The quantitative estimate of drug-likeness (QED) is 0.465. The smallest absolute Gasteiger partial charge is 1.00 e. The van der Waals surface area contributed by atoms with E-state index in [1.165, 1.54) is 24.4 Å². The van der Waals surface area contributed by atoms with Gasteiger partial charge < -0.3 is 6.53 Å². The van der Waals surface area contributed by atoms with Crippen molar-refractivity contribution in [2.24, 2.45) is 0 Å². The fourth-order valence-electron chi connectivity index (χ4n) is 1.36. The Morgan fingerprint density at radius 2 is 1.94 bits per heavy atom. The number of fused-ring (bicyclic) bond motifs is 1. The Morgan fingerprint density at radius 3 is 2.56 bits per heavy atom. The SMILES string of the molecule is O=S(=O)(O)c1ccc(O)c2ncccc12.[H-].[Na+]. The number of benzene rings is 1. The maximum atomic E-state index is 11.0. The summed E-state index contributed by atoms with van der Waals surface area (Å²) in [5.41, 5.74) is 0.146. The Kier molecular flexibility index (Phi) is 3.92. The van der Waals surface area contributed by atoms with Crippen LogP contribution in [0.2, 0.25) is 0 Å². The summed E-state index contributed by atoms with van der Waals surface area (Å²) in [6.45, 7) is 0. The molecule has 0 amide bonds. The van der Waals surface area contributed by atoms with Gasteiger partial charge in [0.2, 0.25) is 0 Å². The molecule has 2 N–H and O–H groups in total. The molecular weight excluding hydrogens is 241 g/mol. The average Bonchev–Trinajstić information content (AvgIpc) is 2.17. The minimum Gasteiger partial charge on any atom is -1.00 e. The molecule has 2 rings (SSSR count). The van der Waals surface area contributed by atoms with Crippen molar-refractivity contribution in [2.45, 2.75) is 4.90 Å². The van der Waals surface area contributed by atoms with Gasteiger partial charge in [0.05, 0.1) is 0 Å². The summed E-state index contributed by atoms with van der Waals surface area (Å²) < 4.78 is 30.9. The molecule has 16 heavy (non-hydrogen) atoms. The first kappa shape index (κ1) is 13.4. The number of aromatic hydroxyl groups is 1. The number of phenols is 1. The van der Waals surface area contributed by atoms with Crippen LogP contribution in [0.3, 0.4) is 0 Å². The van der Waals surface area contributed by atoms with Gasteiger partial charge in [0.25, 0.3) is 10.1 Å². The number of rotatable bonds is 1. The first-order valence-electron chi connectivity index (χ1n) is 4.04. The molecule has 1 aromatic carbocycles. The number of hydrogen-bond donors (Lipinski definition) is 2. The molecule has 1 heterocycles. The van der Waals surface area contributed by atoms with Crippen LogP contribution in [0.15, 0.2) is 35.4 Å². The summed E-state index contributed by atoms with van der Waals surface area (Å²) in [4.78, 5) is 3.57. The Balaban J connectivity index is 0.00000128. The summed E-state index contributed by atoms with van der Waals surface area (Å²) in [5.74, 6) is -0.127. The topological polar surface area (TPSA) is 87.5 Å². The van der Waals surface area contributed by atoms with Crippen molar-refractivity contribution in [3.05, 3.63) is 30.5 Å². The normalized spacial score (nSPS) is 11.1. The molecule has 5 nitrogen and oxygen atoms in total. The second kappa shape index (κ2) is 4.68. The van der Waals surface area contributed by atoms with Crippen molar-refractivity contribution < 1.29 is 49.1 Å². The predicted molar refractivity (Wildman–Crippen MR) is 54.3 cm³/mol.